The highest BCUT2D eigenvalue weighted by molar-refractivity contribution is 5.70. The molecule has 1 atom stereocenters. The zero-order valence-electron chi connectivity index (χ0n) is 13.7. The van der Waals surface area contributed by atoms with Crippen LogP contribution >= 0.6 is 0 Å². The Balaban J connectivity index is 1.90. The molecule has 2 heteroatoms. The van der Waals surface area contributed by atoms with Crippen LogP contribution in [0.4, 0.5) is 0 Å². The lowest BCUT2D eigenvalue weighted by atomic mass is 9.90. The van der Waals surface area contributed by atoms with Crippen LogP contribution in [0, 0.1) is 0 Å². The maximum atomic E-state index is 11.3. The molecule has 0 aromatic carbocycles. The van der Waals surface area contributed by atoms with E-state index in [1.165, 1.54) is 64.2 Å². The van der Waals surface area contributed by atoms with Crippen LogP contribution in [0.3, 0.4) is 0 Å². The van der Waals surface area contributed by atoms with Crippen LogP contribution in [0.15, 0.2) is 0 Å². The van der Waals surface area contributed by atoms with Gasteiger partial charge in [-0.2, -0.15) is 0 Å². The number of unbranched alkanes of at least 4 members (excludes halogenated alkanes) is 9. The van der Waals surface area contributed by atoms with Gasteiger partial charge in [-0.3, -0.25) is 4.79 Å². The van der Waals surface area contributed by atoms with E-state index in [2.05, 4.69) is 13.8 Å². The molecule has 0 radical (unpaired) electrons. The van der Waals surface area contributed by atoms with Crippen molar-refractivity contribution < 1.29 is 9.53 Å². The lowest BCUT2D eigenvalue weighted by Gasteiger charge is -2.33. The summed E-state index contributed by atoms with van der Waals surface area (Å²) in [5, 5.41) is 0. The van der Waals surface area contributed by atoms with Crippen LogP contribution in [0.5, 0.6) is 0 Å². The van der Waals surface area contributed by atoms with Gasteiger partial charge in [-0.25, -0.2) is 0 Å². The second kappa shape index (κ2) is 10.2. The fourth-order valence-corrected chi connectivity index (χ4v) is 3.15. The molecule has 118 valence electrons. The van der Waals surface area contributed by atoms with Crippen molar-refractivity contribution in [1.82, 2.24) is 0 Å². The van der Waals surface area contributed by atoms with Gasteiger partial charge < -0.3 is 4.74 Å². The van der Waals surface area contributed by atoms with Gasteiger partial charge in [-0.15, -0.1) is 0 Å². The lowest BCUT2D eigenvalue weighted by molar-refractivity contribution is -0.165. The topological polar surface area (TPSA) is 26.3 Å². The standard InChI is InChI=1S/C18H34O2/c1-3-4-5-6-7-8-9-10-11-12-15-18(2)16-13-14-17(19)20-18/h3-16H2,1-2H3. The average molecular weight is 282 g/mol. The lowest BCUT2D eigenvalue weighted by Crippen LogP contribution is -2.35. The molecule has 1 rings (SSSR count). The molecule has 0 saturated carbocycles. The van der Waals surface area contributed by atoms with Gasteiger partial charge in [-0.1, -0.05) is 64.7 Å². The van der Waals surface area contributed by atoms with Crippen molar-refractivity contribution >= 4 is 5.97 Å². The zero-order chi connectivity index (χ0) is 14.7. The summed E-state index contributed by atoms with van der Waals surface area (Å²) in [4.78, 5) is 11.3. The van der Waals surface area contributed by atoms with E-state index >= 15 is 0 Å². The Morgan fingerprint density at radius 2 is 1.50 bits per heavy atom. The molecule has 0 aliphatic carbocycles. The van der Waals surface area contributed by atoms with Crippen molar-refractivity contribution in [3.8, 4) is 0 Å². The summed E-state index contributed by atoms with van der Waals surface area (Å²) >= 11 is 0. The molecule has 1 aliphatic rings. The molecule has 0 aromatic heterocycles. The van der Waals surface area contributed by atoms with Crippen molar-refractivity contribution in [3.63, 3.8) is 0 Å². The monoisotopic (exact) mass is 282 g/mol. The minimum atomic E-state index is -0.157. The van der Waals surface area contributed by atoms with E-state index in [9.17, 15) is 4.79 Å². The second-order valence-corrected chi connectivity index (χ2v) is 6.71. The number of carbonyl (C=O) groups is 1. The van der Waals surface area contributed by atoms with Crippen molar-refractivity contribution in [2.24, 2.45) is 0 Å². The fraction of sp³-hybridized carbons (Fsp3) is 0.944. The summed E-state index contributed by atoms with van der Waals surface area (Å²) < 4.78 is 5.52. The van der Waals surface area contributed by atoms with Crippen molar-refractivity contribution in [2.45, 2.75) is 109 Å². The molecule has 2 nitrogen and oxygen atoms in total. The normalized spacial score (nSPS) is 22.8. The van der Waals surface area contributed by atoms with Gasteiger partial charge in [0.05, 0.1) is 0 Å². The highest BCUT2D eigenvalue weighted by Crippen LogP contribution is 2.30. The second-order valence-electron chi connectivity index (χ2n) is 6.71. The Hall–Kier alpha value is -0.530. The molecule has 1 heterocycles. The van der Waals surface area contributed by atoms with Gasteiger partial charge in [-0.05, 0) is 32.6 Å². The van der Waals surface area contributed by atoms with Crippen LogP contribution in [0.2, 0.25) is 0 Å². The Morgan fingerprint density at radius 1 is 0.950 bits per heavy atom. The molecule has 1 unspecified atom stereocenters. The van der Waals surface area contributed by atoms with Crippen molar-refractivity contribution in [3.05, 3.63) is 0 Å². The van der Waals surface area contributed by atoms with E-state index in [-0.39, 0.29) is 11.6 Å². The zero-order valence-corrected chi connectivity index (χ0v) is 13.7. The summed E-state index contributed by atoms with van der Waals surface area (Å²) in [5.41, 5.74) is -0.157. The van der Waals surface area contributed by atoms with Crippen LogP contribution < -0.4 is 0 Å². The molecule has 0 aromatic rings. The first kappa shape index (κ1) is 17.5. The Labute approximate surface area is 125 Å². The molecule has 1 saturated heterocycles. The van der Waals surface area contributed by atoms with Crippen LogP contribution in [-0.4, -0.2) is 11.6 Å². The SMILES string of the molecule is CCCCCCCCCCCCC1(C)CCCC(=O)O1. The maximum Gasteiger partial charge on any atom is 0.306 e. The Bertz CT molecular complexity index is 262. The molecule has 0 N–H and O–H groups in total. The van der Waals surface area contributed by atoms with E-state index in [0.717, 1.165) is 19.3 Å². The first-order valence-electron chi connectivity index (χ1n) is 8.88. The molecule has 0 bridgehead atoms. The van der Waals surface area contributed by atoms with Crippen molar-refractivity contribution in [2.75, 3.05) is 0 Å². The number of carbonyl (C=O) groups excluding carboxylic acids is 1. The molecule has 20 heavy (non-hydrogen) atoms. The first-order chi connectivity index (χ1) is 9.66. The van der Waals surface area contributed by atoms with Gasteiger partial charge in [0, 0.05) is 6.42 Å². The Kier molecular flexibility index (Phi) is 8.97. The van der Waals surface area contributed by atoms with E-state index in [1.807, 2.05) is 0 Å². The maximum absolute atomic E-state index is 11.3. The molecular formula is C18H34O2. The number of esters is 1. The van der Waals surface area contributed by atoms with Gasteiger partial charge in [0.25, 0.3) is 0 Å². The van der Waals surface area contributed by atoms with E-state index in [1.54, 1.807) is 0 Å². The summed E-state index contributed by atoms with van der Waals surface area (Å²) in [6.07, 6.45) is 17.3. The predicted molar refractivity (Wildman–Crippen MR) is 84.8 cm³/mol. The largest absolute Gasteiger partial charge is 0.459 e. The van der Waals surface area contributed by atoms with Gasteiger partial charge in [0.1, 0.15) is 5.60 Å². The minimum absolute atomic E-state index is 0.00540. The molecular weight excluding hydrogens is 248 g/mol. The summed E-state index contributed by atoms with van der Waals surface area (Å²) in [7, 11) is 0. The molecule has 1 fully saturated rings. The highest BCUT2D eigenvalue weighted by atomic mass is 16.6. The van der Waals surface area contributed by atoms with Crippen LogP contribution in [0.25, 0.3) is 0 Å². The predicted octanol–water partition coefficient (Wildman–Crippen LogP) is 5.78. The van der Waals surface area contributed by atoms with Gasteiger partial charge in [0.2, 0.25) is 0 Å². The third-order valence-electron chi connectivity index (χ3n) is 4.51. The number of cyclic esters (lactones) is 1. The fourth-order valence-electron chi connectivity index (χ4n) is 3.15. The van der Waals surface area contributed by atoms with E-state index in [4.69, 9.17) is 4.74 Å². The average Bonchev–Trinajstić information content (AvgIpc) is 2.40. The molecule has 0 spiro atoms. The summed E-state index contributed by atoms with van der Waals surface area (Å²) in [6.45, 7) is 4.38. The quantitative estimate of drug-likeness (QED) is 0.354. The summed E-state index contributed by atoms with van der Waals surface area (Å²) in [6, 6.07) is 0. The number of ether oxygens (including phenoxy) is 1. The summed E-state index contributed by atoms with van der Waals surface area (Å²) in [5.74, 6) is 0.00540. The van der Waals surface area contributed by atoms with Gasteiger partial charge >= 0.3 is 5.97 Å². The number of hydrogen-bond donors (Lipinski definition) is 0. The first-order valence-corrected chi connectivity index (χ1v) is 8.88. The number of hydrogen-bond acceptors (Lipinski definition) is 2. The van der Waals surface area contributed by atoms with Crippen molar-refractivity contribution in [1.29, 1.82) is 0 Å². The molecule has 0 amide bonds. The van der Waals surface area contributed by atoms with Crippen LogP contribution in [-0.2, 0) is 9.53 Å². The number of rotatable bonds is 11. The smallest absolute Gasteiger partial charge is 0.306 e. The third-order valence-corrected chi connectivity index (χ3v) is 4.51. The highest BCUT2D eigenvalue weighted by Gasteiger charge is 2.31. The molecule has 1 aliphatic heterocycles. The van der Waals surface area contributed by atoms with E-state index < -0.39 is 0 Å². The van der Waals surface area contributed by atoms with E-state index in [0.29, 0.717) is 6.42 Å². The van der Waals surface area contributed by atoms with Gasteiger partial charge in [0.15, 0.2) is 0 Å². The minimum Gasteiger partial charge on any atom is -0.459 e. The third kappa shape index (κ3) is 7.91. The van der Waals surface area contributed by atoms with Crippen LogP contribution in [0.1, 0.15) is 104 Å². The Morgan fingerprint density at radius 3 is 2.05 bits per heavy atom.